The summed E-state index contributed by atoms with van der Waals surface area (Å²) in [6.45, 7) is 3.60. The molecule has 0 spiro atoms. The molecule has 0 aliphatic heterocycles. The van der Waals surface area contributed by atoms with Gasteiger partial charge in [-0.3, -0.25) is 0 Å². The number of likely N-dealkylation sites (N-methyl/N-ethyl adjacent to an activating group) is 1. The van der Waals surface area contributed by atoms with Gasteiger partial charge in [0, 0.05) is 23.3 Å². The minimum absolute atomic E-state index is 0.295. The van der Waals surface area contributed by atoms with Crippen LogP contribution in [0.25, 0.3) is 0 Å². The highest BCUT2D eigenvalue weighted by Crippen LogP contribution is 2.17. The molecule has 0 saturated heterocycles. The minimum Gasteiger partial charge on any atom is -0.491 e. The summed E-state index contributed by atoms with van der Waals surface area (Å²) in [6.07, 6.45) is -0.485. The SMILES string of the molecule is Cc1csc(CNc2ccc(OCC(O)CN(C)C)cc2)n1. The molecular formula is C16H23N3O2S. The van der Waals surface area contributed by atoms with E-state index in [0.29, 0.717) is 13.2 Å². The zero-order valence-electron chi connectivity index (χ0n) is 13.2. The standard InChI is InChI=1S/C16H23N3O2S/c1-12-11-22-16(18-12)8-17-13-4-6-15(7-5-13)21-10-14(20)9-19(2)3/h4-7,11,14,17,20H,8-10H2,1-3H3. The lowest BCUT2D eigenvalue weighted by molar-refractivity contribution is 0.0831. The fourth-order valence-electron chi connectivity index (χ4n) is 2.00. The highest BCUT2D eigenvalue weighted by atomic mass is 32.1. The number of nitrogens with zero attached hydrogens (tertiary/aromatic N) is 2. The molecule has 0 bridgehead atoms. The van der Waals surface area contributed by atoms with E-state index in [-0.39, 0.29) is 0 Å². The van der Waals surface area contributed by atoms with Gasteiger partial charge in [0.25, 0.3) is 0 Å². The molecule has 22 heavy (non-hydrogen) atoms. The van der Waals surface area contributed by atoms with E-state index in [4.69, 9.17) is 4.74 Å². The van der Waals surface area contributed by atoms with Crippen LogP contribution in [-0.4, -0.2) is 48.3 Å². The van der Waals surface area contributed by atoms with E-state index >= 15 is 0 Å². The van der Waals surface area contributed by atoms with E-state index < -0.39 is 6.10 Å². The van der Waals surface area contributed by atoms with Crippen LogP contribution in [0.5, 0.6) is 5.75 Å². The topological polar surface area (TPSA) is 57.6 Å². The van der Waals surface area contributed by atoms with Crippen LogP contribution in [-0.2, 0) is 6.54 Å². The van der Waals surface area contributed by atoms with Gasteiger partial charge in [-0.15, -0.1) is 11.3 Å². The van der Waals surface area contributed by atoms with Crippen molar-refractivity contribution in [1.29, 1.82) is 0 Å². The number of aliphatic hydroxyl groups excluding tert-OH is 1. The maximum absolute atomic E-state index is 9.76. The molecule has 1 aromatic carbocycles. The summed E-state index contributed by atoms with van der Waals surface area (Å²) in [5.41, 5.74) is 2.08. The zero-order valence-corrected chi connectivity index (χ0v) is 14.1. The third kappa shape index (κ3) is 5.63. The Balaban J connectivity index is 1.77. The van der Waals surface area contributed by atoms with E-state index in [1.165, 1.54) is 0 Å². The second-order valence-corrected chi connectivity index (χ2v) is 6.43. The maximum atomic E-state index is 9.76. The number of benzene rings is 1. The molecule has 1 unspecified atom stereocenters. The normalized spacial score (nSPS) is 12.4. The van der Waals surface area contributed by atoms with Crippen LogP contribution in [0.3, 0.4) is 0 Å². The molecule has 120 valence electrons. The van der Waals surface area contributed by atoms with Crippen molar-refractivity contribution in [3.05, 3.63) is 40.3 Å². The average molecular weight is 321 g/mol. The molecule has 0 radical (unpaired) electrons. The Bertz CT molecular complexity index is 569. The molecule has 2 aromatic rings. The minimum atomic E-state index is -0.485. The van der Waals surface area contributed by atoms with Crippen LogP contribution >= 0.6 is 11.3 Å². The second kappa shape index (κ2) is 8.12. The first-order valence-electron chi connectivity index (χ1n) is 7.23. The highest BCUT2D eigenvalue weighted by Gasteiger charge is 2.06. The van der Waals surface area contributed by atoms with Gasteiger partial charge in [0.05, 0.1) is 6.54 Å². The molecule has 2 rings (SSSR count). The van der Waals surface area contributed by atoms with Crippen molar-refractivity contribution in [2.45, 2.75) is 19.6 Å². The predicted octanol–water partition coefficient (Wildman–Crippen LogP) is 2.36. The average Bonchev–Trinajstić information content (AvgIpc) is 2.89. The molecule has 0 saturated carbocycles. The van der Waals surface area contributed by atoms with Gasteiger partial charge in [0.1, 0.15) is 23.5 Å². The zero-order chi connectivity index (χ0) is 15.9. The molecule has 2 N–H and O–H groups in total. The van der Waals surface area contributed by atoms with Crippen molar-refractivity contribution < 1.29 is 9.84 Å². The van der Waals surface area contributed by atoms with Gasteiger partial charge >= 0.3 is 0 Å². The van der Waals surface area contributed by atoms with E-state index in [9.17, 15) is 5.11 Å². The van der Waals surface area contributed by atoms with Gasteiger partial charge in [-0.1, -0.05) is 0 Å². The molecule has 1 atom stereocenters. The molecule has 1 heterocycles. The fourth-order valence-corrected chi connectivity index (χ4v) is 2.71. The van der Waals surface area contributed by atoms with Gasteiger partial charge in [0.15, 0.2) is 0 Å². The van der Waals surface area contributed by atoms with Gasteiger partial charge in [0.2, 0.25) is 0 Å². The quantitative estimate of drug-likeness (QED) is 0.782. The third-order valence-corrected chi connectivity index (χ3v) is 3.95. The summed E-state index contributed by atoms with van der Waals surface area (Å²) in [6, 6.07) is 7.73. The number of aryl methyl sites for hydroxylation is 1. The first-order chi connectivity index (χ1) is 10.5. The Morgan fingerprint density at radius 2 is 2.05 bits per heavy atom. The number of anilines is 1. The van der Waals surface area contributed by atoms with Crippen molar-refractivity contribution in [2.75, 3.05) is 32.6 Å². The van der Waals surface area contributed by atoms with Crippen molar-refractivity contribution >= 4 is 17.0 Å². The van der Waals surface area contributed by atoms with Crippen molar-refractivity contribution in [3.63, 3.8) is 0 Å². The summed E-state index contributed by atoms with van der Waals surface area (Å²) in [4.78, 5) is 6.35. The van der Waals surface area contributed by atoms with Crippen molar-refractivity contribution in [3.8, 4) is 5.75 Å². The lowest BCUT2D eigenvalue weighted by Gasteiger charge is -2.16. The first-order valence-corrected chi connectivity index (χ1v) is 8.11. The number of thiazole rings is 1. The Labute approximate surface area is 135 Å². The molecule has 1 aromatic heterocycles. The van der Waals surface area contributed by atoms with Gasteiger partial charge in [-0.2, -0.15) is 0 Å². The molecular weight excluding hydrogens is 298 g/mol. The van der Waals surface area contributed by atoms with Crippen LogP contribution in [0.15, 0.2) is 29.6 Å². The van der Waals surface area contributed by atoms with Crippen molar-refractivity contribution in [2.24, 2.45) is 0 Å². The fraction of sp³-hybridized carbons (Fsp3) is 0.438. The van der Waals surface area contributed by atoms with Crippen LogP contribution < -0.4 is 10.1 Å². The second-order valence-electron chi connectivity index (χ2n) is 5.49. The summed E-state index contributed by atoms with van der Waals surface area (Å²) in [5.74, 6) is 0.758. The van der Waals surface area contributed by atoms with Gasteiger partial charge in [-0.25, -0.2) is 4.98 Å². The molecule has 6 heteroatoms. The Hall–Kier alpha value is -1.63. The lowest BCUT2D eigenvalue weighted by Crippen LogP contribution is -2.30. The Morgan fingerprint density at radius 1 is 1.32 bits per heavy atom. The Morgan fingerprint density at radius 3 is 2.64 bits per heavy atom. The number of ether oxygens (including phenoxy) is 1. The number of hydrogen-bond acceptors (Lipinski definition) is 6. The lowest BCUT2D eigenvalue weighted by atomic mass is 10.3. The maximum Gasteiger partial charge on any atom is 0.119 e. The first kappa shape index (κ1) is 16.7. The van der Waals surface area contributed by atoms with E-state index in [0.717, 1.165) is 28.7 Å². The van der Waals surface area contributed by atoms with Gasteiger partial charge < -0.3 is 20.1 Å². The predicted molar refractivity (Wildman–Crippen MR) is 90.7 cm³/mol. The van der Waals surface area contributed by atoms with E-state index in [2.05, 4.69) is 10.3 Å². The van der Waals surface area contributed by atoms with E-state index in [1.807, 2.05) is 55.6 Å². The number of aliphatic hydroxyl groups is 1. The van der Waals surface area contributed by atoms with Crippen LogP contribution in [0.2, 0.25) is 0 Å². The third-order valence-electron chi connectivity index (χ3n) is 2.98. The number of nitrogens with one attached hydrogen (secondary N) is 1. The van der Waals surface area contributed by atoms with Gasteiger partial charge in [-0.05, 0) is 45.3 Å². The van der Waals surface area contributed by atoms with Crippen LogP contribution in [0.4, 0.5) is 5.69 Å². The summed E-state index contributed by atoms with van der Waals surface area (Å²) in [7, 11) is 3.85. The molecule has 0 amide bonds. The van der Waals surface area contributed by atoms with E-state index in [1.54, 1.807) is 11.3 Å². The monoisotopic (exact) mass is 321 g/mol. The highest BCUT2D eigenvalue weighted by molar-refractivity contribution is 7.09. The number of aromatic nitrogens is 1. The molecule has 0 fully saturated rings. The van der Waals surface area contributed by atoms with Crippen LogP contribution in [0, 0.1) is 6.92 Å². The smallest absolute Gasteiger partial charge is 0.119 e. The summed E-state index contributed by atoms with van der Waals surface area (Å²) >= 11 is 1.66. The van der Waals surface area contributed by atoms with Crippen LogP contribution in [0.1, 0.15) is 10.7 Å². The van der Waals surface area contributed by atoms with Crippen molar-refractivity contribution in [1.82, 2.24) is 9.88 Å². The molecule has 0 aliphatic carbocycles. The number of rotatable bonds is 8. The molecule has 0 aliphatic rings. The Kier molecular flexibility index (Phi) is 6.18. The summed E-state index contributed by atoms with van der Waals surface area (Å²) in [5, 5.41) is 16.2. The summed E-state index contributed by atoms with van der Waals surface area (Å²) < 4.78 is 5.58. The largest absolute Gasteiger partial charge is 0.491 e. The number of hydrogen-bond donors (Lipinski definition) is 2. The molecule has 5 nitrogen and oxygen atoms in total.